The second kappa shape index (κ2) is 10.3. The third-order valence-corrected chi connectivity index (χ3v) is 4.87. The van der Waals surface area contributed by atoms with Gasteiger partial charge in [0.05, 0.1) is 5.75 Å². The number of aromatic nitrogens is 3. The first kappa shape index (κ1) is 21.2. The summed E-state index contributed by atoms with van der Waals surface area (Å²) in [4.78, 5) is 23.8. The summed E-state index contributed by atoms with van der Waals surface area (Å²) in [5, 5.41) is 12.3. The van der Waals surface area contributed by atoms with Crippen molar-refractivity contribution in [2.24, 2.45) is 0 Å². The van der Waals surface area contributed by atoms with Crippen LogP contribution in [0.4, 0.5) is 0 Å². The van der Waals surface area contributed by atoms with Gasteiger partial charge in [-0.25, -0.2) is 0 Å². The van der Waals surface area contributed by atoms with Gasteiger partial charge in [0.15, 0.2) is 17.1 Å². The van der Waals surface area contributed by atoms with Gasteiger partial charge in [-0.1, -0.05) is 30.3 Å². The maximum atomic E-state index is 12.0. The fraction of sp³-hybridized carbons (Fsp3) is 0.444. The van der Waals surface area contributed by atoms with Crippen molar-refractivity contribution in [3.05, 3.63) is 29.3 Å². The van der Waals surface area contributed by atoms with Crippen LogP contribution >= 0.6 is 23.4 Å². The Morgan fingerprint density at radius 1 is 1.26 bits per heavy atom. The quantitative estimate of drug-likeness (QED) is 0.504. The third kappa shape index (κ3) is 5.97. The van der Waals surface area contributed by atoms with Crippen molar-refractivity contribution in [2.45, 2.75) is 45.0 Å². The molecule has 1 amide bonds. The molecule has 0 fully saturated rings. The molecule has 0 saturated carbocycles. The van der Waals surface area contributed by atoms with Gasteiger partial charge in [-0.15, -0.1) is 10.2 Å². The number of thioether (sulfide) groups is 1. The topological polar surface area (TPSA) is 86.1 Å². The predicted octanol–water partition coefficient (Wildman–Crippen LogP) is 3.17. The van der Waals surface area contributed by atoms with E-state index < -0.39 is 12.1 Å². The summed E-state index contributed by atoms with van der Waals surface area (Å²) >= 11 is 7.15. The number of rotatable bonds is 9. The number of hydrogen-bond donors (Lipinski definition) is 1. The summed E-state index contributed by atoms with van der Waals surface area (Å²) in [6.45, 7) is 6.70. The van der Waals surface area contributed by atoms with E-state index in [2.05, 4.69) is 15.5 Å². The molecule has 2 rings (SSSR count). The zero-order valence-electron chi connectivity index (χ0n) is 15.6. The fourth-order valence-electron chi connectivity index (χ4n) is 2.29. The molecule has 0 aliphatic rings. The summed E-state index contributed by atoms with van der Waals surface area (Å²) in [6, 6.07) is 7.33. The molecule has 2 aromatic rings. The zero-order chi connectivity index (χ0) is 19.8. The average molecular weight is 411 g/mol. The largest absolute Gasteiger partial charge is 0.452 e. The lowest BCUT2D eigenvalue weighted by Gasteiger charge is -2.13. The Bertz CT molecular complexity index is 779. The van der Waals surface area contributed by atoms with Gasteiger partial charge in [0, 0.05) is 23.7 Å². The molecule has 0 bridgehead atoms. The smallest absolute Gasteiger partial charge is 0.317 e. The third-order valence-electron chi connectivity index (χ3n) is 3.68. The van der Waals surface area contributed by atoms with E-state index in [1.807, 2.05) is 30.5 Å². The fourth-order valence-corrected chi connectivity index (χ4v) is 3.20. The van der Waals surface area contributed by atoms with Crippen LogP contribution in [0.1, 0.15) is 27.2 Å². The van der Waals surface area contributed by atoms with E-state index in [1.54, 1.807) is 19.1 Å². The first-order valence-corrected chi connectivity index (χ1v) is 10.1. The molecule has 9 heteroatoms. The number of nitrogens with one attached hydrogen (secondary N) is 1. The summed E-state index contributed by atoms with van der Waals surface area (Å²) in [7, 11) is 0. The number of amides is 1. The molecule has 1 atom stereocenters. The van der Waals surface area contributed by atoms with Gasteiger partial charge >= 0.3 is 5.97 Å². The van der Waals surface area contributed by atoms with Crippen molar-refractivity contribution < 1.29 is 14.3 Å². The average Bonchev–Trinajstić information content (AvgIpc) is 3.07. The van der Waals surface area contributed by atoms with Gasteiger partial charge in [-0.05, 0) is 44.5 Å². The highest BCUT2D eigenvalue weighted by Crippen LogP contribution is 2.25. The summed E-state index contributed by atoms with van der Waals surface area (Å²) in [6.07, 6.45) is 0.00330. The summed E-state index contributed by atoms with van der Waals surface area (Å²) in [5.41, 5.74) is 0.893. The van der Waals surface area contributed by atoms with Crippen LogP contribution in [0.15, 0.2) is 29.4 Å². The first-order valence-electron chi connectivity index (χ1n) is 8.75. The lowest BCUT2D eigenvalue weighted by atomic mass is 10.2. The van der Waals surface area contributed by atoms with Gasteiger partial charge in [-0.2, -0.15) is 0 Å². The molecule has 0 aliphatic carbocycles. The van der Waals surface area contributed by atoms with Crippen molar-refractivity contribution in [1.29, 1.82) is 0 Å². The molecule has 1 aromatic heterocycles. The molecule has 0 radical (unpaired) electrons. The van der Waals surface area contributed by atoms with Crippen LogP contribution in [0.25, 0.3) is 11.4 Å². The van der Waals surface area contributed by atoms with Crippen molar-refractivity contribution in [3.8, 4) is 11.4 Å². The second-order valence-corrected chi connectivity index (χ2v) is 7.15. The van der Waals surface area contributed by atoms with Crippen LogP contribution in [0.5, 0.6) is 0 Å². The molecule has 27 heavy (non-hydrogen) atoms. The Morgan fingerprint density at radius 2 is 1.96 bits per heavy atom. The molecule has 0 unspecified atom stereocenters. The van der Waals surface area contributed by atoms with Crippen molar-refractivity contribution in [3.63, 3.8) is 0 Å². The summed E-state index contributed by atoms with van der Waals surface area (Å²) < 4.78 is 7.08. The monoisotopic (exact) mass is 410 g/mol. The Labute approximate surface area is 167 Å². The van der Waals surface area contributed by atoms with Crippen molar-refractivity contribution in [2.75, 3.05) is 12.3 Å². The van der Waals surface area contributed by atoms with Crippen LogP contribution in [0.2, 0.25) is 5.02 Å². The number of benzene rings is 1. The van der Waals surface area contributed by atoms with E-state index in [0.717, 1.165) is 12.0 Å². The number of esters is 1. The number of ether oxygens (including phenoxy) is 1. The van der Waals surface area contributed by atoms with Gasteiger partial charge in [0.25, 0.3) is 5.91 Å². The second-order valence-electron chi connectivity index (χ2n) is 5.77. The molecule has 1 aromatic carbocycles. The normalized spacial score (nSPS) is 11.9. The van der Waals surface area contributed by atoms with Gasteiger partial charge in [-0.3, -0.25) is 9.59 Å². The molecule has 0 spiro atoms. The van der Waals surface area contributed by atoms with E-state index in [1.165, 1.54) is 11.8 Å². The minimum atomic E-state index is -0.821. The zero-order valence-corrected chi connectivity index (χ0v) is 17.1. The van der Waals surface area contributed by atoms with Crippen LogP contribution in [-0.2, 0) is 20.9 Å². The molecular weight excluding hydrogens is 388 g/mol. The van der Waals surface area contributed by atoms with E-state index >= 15 is 0 Å². The van der Waals surface area contributed by atoms with Gasteiger partial charge in [0.1, 0.15) is 0 Å². The standard InChI is InChI=1S/C18H23ClN4O3S/c1-4-10-20-17(25)12(3)26-15(24)11-27-18-22-21-16(23(18)5-2)13-6-8-14(19)9-7-13/h6-9,12H,4-5,10-11H2,1-3H3,(H,20,25)/t12-/m0/s1. The number of halogens is 1. The number of carbonyl (C=O) groups is 2. The minimum absolute atomic E-state index is 0.0458. The van der Waals surface area contributed by atoms with E-state index in [9.17, 15) is 9.59 Å². The number of carbonyl (C=O) groups excluding carboxylic acids is 2. The van der Waals surface area contributed by atoms with E-state index in [4.69, 9.17) is 16.3 Å². The molecule has 0 saturated heterocycles. The van der Waals surface area contributed by atoms with Gasteiger partial charge < -0.3 is 14.6 Å². The first-order chi connectivity index (χ1) is 13.0. The molecule has 0 aliphatic heterocycles. The summed E-state index contributed by atoms with van der Waals surface area (Å²) in [5.74, 6) is -0.0171. The van der Waals surface area contributed by atoms with Crippen molar-refractivity contribution >= 4 is 35.2 Å². The predicted molar refractivity (Wildman–Crippen MR) is 106 cm³/mol. The molecule has 7 nitrogen and oxygen atoms in total. The van der Waals surface area contributed by atoms with Crippen molar-refractivity contribution in [1.82, 2.24) is 20.1 Å². The SMILES string of the molecule is CCCNC(=O)[C@H](C)OC(=O)CSc1nnc(-c2ccc(Cl)cc2)n1CC. The maximum Gasteiger partial charge on any atom is 0.317 e. The van der Waals surface area contributed by atoms with E-state index in [0.29, 0.717) is 29.1 Å². The highest BCUT2D eigenvalue weighted by Gasteiger charge is 2.19. The van der Waals surface area contributed by atoms with Crippen LogP contribution < -0.4 is 5.32 Å². The molecule has 1 heterocycles. The minimum Gasteiger partial charge on any atom is -0.452 e. The molecule has 1 N–H and O–H groups in total. The van der Waals surface area contributed by atoms with E-state index in [-0.39, 0.29) is 11.7 Å². The molecule has 146 valence electrons. The lowest BCUT2D eigenvalue weighted by molar-refractivity contribution is -0.152. The lowest BCUT2D eigenvalue weighted by Crippen LogP contribution is -2.36. The maximum absolute atomic E-state index is 12.0. The Hall–Kier alpha value is -2.06. The number of nitrogens with zero attached hydrogens (tertiary/aromatic N) is 3. The highest BCUT2D eigenvalue weighted by atomic mass is 35.5. The Morgan fingerprint density at radius 3 is 2.59 bits per heavy atom. The highest BCUT2D eigenvalue weighted by molar-refractivity contribution is 7.99. The number of hydrogen-bond acceptors (Lipinski definition) is 6. The molecular formula is C18H23ClN4O3S. The Balaban J connectivity index is 1.96. The van der Waals surface area contributed by atoms with Gasteiger partial charge in [0.2, 0.25) is 0 Å². The van der Waals surface area contributed by atoms with Crippen LogP contribution in [-0.4, -0.2) is 45.0 Å². The van der Waals surface area contributed by atoms with Crippen LogP contribution in [0, 0.1) is 0 Å². The Kier molecular flexibility index (Phi) is 8.12. The van der Waals surface area contributed by atoms with Crippen LogP contribution in [0.3, 0.4) is 0 Å².